The van der Waals surface area contributed by atoms with Crippen LogP contribution < -0.4 is 10.9 Å². The molecule has 3 rings (SSSR count). The van der Waals surface area contributed by atoms with Crippen molar-refractivity contribution in [3.63, 3.8) is 0 Å². The topological polar surface area (TPSA) is 77.1 Å². The molecule has 9 heteroatoms. The number of nitrogens with zero attached hydrogens (tertiary/aromatic N) is 2. The van der Waals surface area contributed by atoms with Crippen molar-refractivity contribution in [3.05, 3.63) is 76.3 Å². The third-order valence-corrected chi connectivity index (χ3v) is 4.05. The third-order valence-electron chi connectivity index (χ3n) is 4.05. The van der Waals surface area contributed by atoms with E-state index in [1.807, 2.05) is 0 Å². The highest BCUT2D eigenvalue weighted by Gasteiger charge is 2.30. The molecule has 6 nitrogen and oxygen atoms in total. The summed E-state index contributed by atoms with van der Waals surface area (Å²) in [6.45, 7) is 1.75. The molecule has 2 heterocycles. The van der Waals surface area contributed by atoms with Gasteiger partial charge in [-0.15, -0.1) is 0 Å². The average molecular weight is 391 g/mol. The van der Waals surface area contributed by atoms with Gasteiger partial charge in [0, 0.05) is 18.2 Å². The maximum Gasteiger partial charge on any atom is 0.416 e. The molecule has 2 aromatic heterocycles. The molecule has 1 unspecified atom stereocenters. The molecule has 28 heavy (non-hydrogen) atoms. The Labute approximate surface area is 157 Å². The van der Waals surface area contributed by atoms with Gasteiger partial charge >= 0.3 is 6.18 Å². The van der Waals surface area contributed by atoms with Crippen molar-refractivity contribution in [3.8, 4) is 11.5 Å². The zero-order valence-corrected chi connectivity index (χ0v) is 14.7. The van der Waals surface area contributed by atoms with Crippen LogP contribution in [0.25, 0.3) is 11.5 Å². The number of aromatic nitrogens is 2. The van der Waals surface area contributed by atoms with Gasteiger partial charge in [-0.05, 0) is 49.4 Å². The van der Waals surface area contributed by atoms with Crippen molar-refractivity contribution < 1.29 is 22.4 Å². The van der Waals surface area contributed by atoms with Gasteiger partial charge in [0.2, 0.25) is 0 Å². The fraction of sp³-hybridized carbons (Fsp3) is 0.211. The summed E-state index contributed by atoms with van der Waals surface area (Å²) < 4.78 is 44.2. The van der Waals surface area contributed by atoms with E-state index >= 15 is 0 Å². The number of halogens is 3. The van der Waals surface area contributed by atoms with Gasteiger partial charge in [0.15, 0.2) is 5.76 Å². The summed E-state index contributed by atoms with van der Waals surface area (Å²) in [4.78, 5) is 24.2. The Kier molecular flexibility index (Phi) is 5.34. The SMILES string of the molecule is CC(CNC(=O)c1ccc(C(F)(F)F)cc1)n1nc(-c2ccco2)ccc1=O. The van der Waals surface area contributed by atoms with Gasteiger partial charge in [0.25, 0.3) is 11.5 Å². The Balaban J connectivity index is 1.68. The first-order valence-electron chi connectivity index (χ1n) is 8.35. The summed E-state index contributed by atoms with van der Waals surface area (Å²) in [6.07, 6.45) is -2.98. The summed E-state index contributed by atoms with van der Waals surface area (Å²) in [7, 11) is 0. The van der Waals surface area contributed by atoms with Crippen LogP contribution in [0.2, 0.25) is 0 Å². The molecule has 1 aromatic carbocycles. The normalized spacial score (nSPS) is 12.6. The highest BCUT2D eigenvalue weighted by molar-refractivity contribution is 5.94. The molecule has 1 atom stereocenters. The summed E-state index contributed by atoms with van der Waals surface area (Å²) in [5, 5.41) is 6.83. The highest BCUT2D eigenvalue weighted by atomic mass is 19.4. The van der Waals surface area contributed by atoms with Crippen LogP contribution in [0.4, 0.5) is 13.2 Å². The number of carbonyl (C=O) groups excluding carboxylic acids is 1. The lowest BCUT2D eigenvalue weighted by Crippen LogP contribution is -2.34. The molecule has 0 fully saturated rings. The second kappa shape index (κ2) is 7.71. The smallest absolute Gasteiger partial charge is 0.416 e. The molecule has 0 saturated heterocycles. The second-order valence-electron chi connectivity index (χ2n) is 6.11. The first-order valence-corrected chi connectivity index (χ1v) is 8.35. The number of benzene rings is 1. The van der Waals surface area contributed by atoms with Crippen molar-refractivity contribution in [2.24, 2.45) is 0 Å². The van der Waals surface area contributed by atoms with Gasteiger partial charge in [-0.3, -0.25) is 9.59 Å². The molecular formula is C19H16F3N3O3. The standard InChI is InChI=1S/C19H16F3N3O3/c1-12(25-17(26)9-8-15(24-25)16-3-2-10-28-16)11-23-18(27)13-4-6-14(7-5-13)19(20,21)22/h2-10,12H,11H2,1H3,(H,23,27). The molecule has 0 saturated carbocycles. The monoisotopic (exact) mass is 391 g/mol. The molecule has 0 aliphatic heterocycles. The van der Waals surface area contributed by atoms with Crippen LogP contribution in [0.3, 0.4) is 0 Å². The number of furan rings is 1. The molecule has 0 aliphatic rings. The van der Waals surface area contributed by atoms with E-state index in [4.69, 9.17) is 4.42 Å². The summed E-state index contributed by atoms with van der Waals surface area (Å²) in [5.41, 5.74) is -0.634. The number of hydrogen-bond acceptors (Lipinski definition) is 4. The summed E-state index contributed by atoms with van der Waals surface area (Å²) in [5.74, 6) is -0.0504. The number of alkyl halides is 3. The third kappa shape index (κ3) is 4.30. The fourth-order valence-electron chi connectivity index (χ4n) is 2.54. The molecule has 0 radical (unpaired) electrons. The Morgan fingerprint density at radius 3 is 2.50 bits per heavy atom. The minimum Gasteiger partial charge on any atom is -0.463 e. The molecule has 146 valence electrons. The molecule has 3 aromatic rings. The lowest BCUT2D eigenvalue weighted by molar-refractivity contribution is -0.137. The maximum atomic E-state index is 12.6. The van der Waals surface area contributed by atoms with E-state index in [0.29, 0.717) is 11.5 Å². The van der Waals surface area contributed by atoms with Crippen LogP contribution in [-0.4, -0.2) is 22.2 Å². The Morgan fingerprint density at radius 2 is 1.89 bits per heavy atom. The van der Waals surface area contributed by atoms with Crippen molar-refractivity contribution in [1.29, 1.82) is 0 Å². The molecular weight excluding hydrogens is 375 g/mol. The number of carbonyl (C=O) groups is 1. The van der Waals surface area contributed by atoms with Crippen LogP contribution in [-0.2, 0) is 6.18 Å². The Bertz CT molecular complexity index is 1010. The number of hydrogen-bond donors (Lipinski definition) is 1. The van der Waals surface area contributed by atoms with Gasteiger partial charge in [-0.2, -0.15) is 18.3 Å². The predicted octanol–water partition coefficient (Wildman–Crippen LogP) is 3.51. The van der Waals surface area contributed by atoms with E-state index in [1.165, 1.54) is 23.1 Å². The Hall–Kier alpha value is -3.36. The number of amides is 1. The van der Waals surface area contributed by atoms with Crippen molar-refractivity contribution >= 4 is 5.91 Å². The molecule has 0 bridgehead atoms. The average Bonchev–Trinajstić information content (AvgIpc) is 3.20. The number of nitrogens with one attached hydrogen (secondary N) is 1. The van der Waals surface area contributed by atoms with Crippen molar-refractivity contribution in [2.75, 3.05) is 6.54 Å². The van der Waals surface area contributed by atoms with E-state index in [1.54, 1.807) is 19.1 Å². The lowest BCUT2D eigenvalue weighted by Gasteiger charge is -2.15. The largest absolute Gasteiger partial charge is 0.463 e. The predicted molar refractivity (Wildman–Crippen MR) is 94.7 cm³/mol. The maximum absolute atomic E-state index is 12.6. The van der Waals surface area contributed by atoms with Crippen molar-refractivity contribution in [2.45, 2.75) is 19.1 Å². The zero-order valence-electron chi connectivity index (χ0n) is 14.7. The lowest BCUT2D eigenvalue weighted by atomic mass is 10.1. The van der Waals surface area contributed by atoms with Crippen LogP contribution in [0, 0.1) is 0 Å². The van der Waals surface area contributed by atoms with E-state index in [0.717, 1.165) is 24.3 Å². The van der Waals surface area contributed by atoms with Crippen LogP contribution in [0.1, 0.15) is 28.9 Å². The van der Waals surface area contributed by atoms with E-state index in [9.17, 15) is 22.8 Å². The minimum absolute atomic E-state index is 0.0639. The molecule has 1 N–H and O–H groups in total. The molecule has 1 amide bonds. The van der Waals surface area contributed by atoms with Gasteiger partial charge in [-0.1, -0.05) is 0 Å². The van der Waals surface area contributed by atoms with Gasteiger partial charge < -0.3 is 9.73 Å². The molecule has 0 spiro atoms. The quantitative estimate of drug-likeness (QED) is 0.722. The Morgan fingerprint density at radius 1 is 1.18 bits per heavy atom. The van der Waals surface area contributed by atoms with E-state index in [-0.39, 0.29) is 17.7 Å². The van der Waals surface area contributed by atoms with Gasteiger partial charge in [0.1, 0.15) is 5.69 Å². The highest BCUT2D eigenvalue weighted by Crippen LogP contribution is 2.29. The van der Waals surface area contributed by atoms with Gasteiger partial charge in [-0.25, -0.2) is 4.68 Å². The number of rotatable bonds is 5. The van der Waals surface area contributed by atoms with Crippen molar-refractivity contribution in [1.82, 2.24) is 15.1 Å². The van der Waals surface area contributed by atoms with Gasteiger partial charge in [0.05, 0.1) is 17.9 Å². The summed E-state index contributed by atoms with van der Waals surface area (Å²) in [6, 6.07) is 9.68. The first-order chi connectivity index (χ1) is 13.3. The van der Waals surface area contributed by atoms with Crippen LogP contribution in [0.15, 0.2) is 64.0 Å². The van der Waals surface area contributed by atoms with E-state index in [2.05, 4.69) is 10.4 Å². The minimum atomic E-state index is -4.46. The van der Waals surface area contributed by atoms with Crippen LogP contribution >= 0.6 is 0 Å². The molecule has 0 aliphatic carbocycles. The van der Waals surface area contributed by atoms with E-state index < -0.39 is 23.7 Å². The first kappa shape index (κ1) is 19.4. The zero-order chi connectivity index (χ0) is 20.3. The second-order valence-corrected chi connectivity index (χ2v) is 6.11. The fourth-order valence-corrected chi connectivity index (χ4v) is 2.54. The summed E-state index contributed by atoms with van der Waals surface area (Å²) >= 11 is 0. The van der Waals surface area contributed by atoms with Crippen LogP contribution in [0.5, 0.6) is 0 Å².